The summed E-state index contributed by atoms with van der Waals surface area (Å²) in [6, 6.07) is -0.213. The van der Waals surface area contributed by atoms with E-state index in [1.54, 1.807) is 0 Å². The summed E-state index contributed by atoms with van der Waals surface area (Å²) >= 11 is 0. The molecule has 7 heteroatoms. The van der Waals surface area contributed by atoms with Gasteiger partial charge in [-0.3, -0.25) is 4.79 Å². The number of nitrogens with one attached hydrogen (secondary N) is 2. The van der Waals surface area contributed by atoms with Crippen LogP contribution in [0.3, 0.4) is 0 Å². The first-order valence-electron chi connectivity index (χ1n) is 5.07. The quantitative estimate of drug-likeness (QED) is 0.748. The van der Waals surface area contributed by atoms with E-state index in [9.17, 15) is 13.2 Å². The van der Waals surface area contributed by atoms with Gasteiger partial charge in [-0.2, -0.15) is 0 Å². The van der Waals surface area contributed by atoms with Gasteiger partial charge in [0.1, 0.15) is 0 Å². The fraction of sp³-hybridized carbons (Fsp3) is 0.556. The van der Waals surface area contributed by atoms with Gasteiger partial charge in [-0.1, -0.05) is 0 Å². The molecule has 88 valence electrons. The van der Waals surface area contributed by atoms with E-state index in [2.05, 4.69) is 15.3 Å². The fourth-order valence-corrected chi connectivity index (χ4v) is 3.42. The molecule has 2 N–H and O–H groups in total. The second-order valence-corrected chi connectivity index (χ2v) is 6.09. The molecular weight excluding hydrogens is 230 g/mol. The average molecular weight is 243 g/mol. The van der Waals surface area contributed by atoms with Crippen LogP contribution in [0.5, 0.6) is 0 Å². The van der Waals surface area contributed by atoms with E-state index in [-0.39, 0.29) is 28.9 Å². The first-order chi connectivity index (χ1) is 7.57. The van der Waals surface area contributed by atoms with E-state index in [1.807, 2.05) is 0 Å². The van der Waals surface area contributed by atoms with E-state index in [1.165, 1.54) is 12.4 Å². The number of H-pyrrole nitrogens is 1. The molecule has 1 unspecified atom stereocenters. The molecule has 0 bridgehead atoms. The highest BCUT2D eigenvalue weighted by Crippen LogP contribution is 2.14. The Morgan fingerprint density at radius 1 is 1.50 bits per heavy atom. The monoisotopic (exact) mass is 243 g/mol. The van der Waals surface area contributed by atoms with Crippen molar-refractivity contribution in [2.45, 2.75) is 18.9 Å². The first-order valence-corrected chi connectivity index (χ1v) is 6.90. The molecule has 0 aliphatic carbocycles. The van der Waals surface area contributed by atoms with Crippen LogP contribution in [0.25, 0.3) is 0 Å². The van der Waals surface area contributed by atoms with Gasteiger partial charge in [0.15, 0.2) is 15.7 Å². The molecule has 1 aromatic heterocycles. The molecule has 0 aromatic carbocycles. The maximum atomic E-state index is 11.4. The summed E-state index contributed by atoms with van der Waals surface area (Å²) in [4.78, 5) is 17.7. The zero-order chi connectivity index (χ0) is 11.6. The van der Waals surface area contributed by atoms with Crippen LogP contribution < -0.4 is 10.9 Å². The Morgan fingerprint density at radius 2 is 2.31 bits per heavy atom. The zero-order valence-corrected chi connectivity index (χ0v) is 9.46. The lowest BCUT2D eigenvalue weighted by molar-refractivity contribution is 0.561. The third kappa shape index (κ3) is 2.60. The molecule has 16 heavy (non-hydrogen) atoms. The number of anilines is 1. The molecule has 6 nitrogen and oxygen atoms in total. The molecule has 1 fully saturated rings. The van der Waals surface area contributed by atoms with Gasteiger partial charge in [0.2, 0.25) is 0 Å². The summed E-state index contributed by atoms with van der Waals surface area (Å²) in [6.45, 7) is 0. The lowest BCUT2D eigenvalue weighted by Crippen LogP contribution is -2.36. The number of aromatic nitrogens is 2. The average Bonchev–Trinajstić information content (AvgIpc) is 2.20. The Kier molecular flexibility index (Phi) is 2.95. The maximum absolute atomic E-state index is 11.4. The van der Waals surface area contributed by atoms with Gasteiger partial charge < -0.3 is 10.3 Å². The van der Waals surface area contributed by atoms with Gasteiger partial charge in [-0.15, -0.1) is 0 Å². The van der Waals surface area contributed by atoms with E-state index in [4.69, 9.17) is 0 Å². The lowest BCUT2D eigenvalue weighted by atomic mass is 10.2. The van der Waals surface area contributed by atoms with E-state index in [0.29, 0.717) is 6.42 Å². The Morgan fingerprint density at radius 3 is 3.00 bits per heavy atom. The maximum Gasteiger partial charge on any atom is 0.290 e. The number of rotatable bonds is 2. The SMILES string of the molecule is O=c1[nH]ccnc1NC1CCCS(=O)(=O)C1. The summed E-state index contributed by atoms with van der Waals surface area (Å²) in [5.74, 6) is 0.497. The van der Waals surface area contributed by atoms with Crippen LogP contribution in [0.15, 0.2) is 17.2 Å². The smallest absolute Gasteiger partial charge is 0.290 e. The van der Waals surface area contributed by atoms with Crippen molar-refractivity contribution < 1.29 is 8.42 Å². The topological polar surface area (TPSA) is 91.9 Å². The highest BCUT2D eigenvalue weighted by Gasteiger charge is 2.25. The minimum Gasteiger partial charge on any atom is -0.362 e. The van der Waals surface area contributed by atoms with E-state index < -0.39 is 9.84 Å². The Bertz CT molecular complexity index is 523. The highest BCUT2D eigenvalue weighted by atomic mass is 32.2. The van der Waals surface area contributed by atoms with Gasteiger partial charge in [-0.25, -0.2) is 13.4 Å². The van der Waals surface area contributed by atoms with Crippen molar-refractivity contribution in [2.75, 3.05) is 16.8 Å². The summed E-state index contributed by atoms with van der Waals surface area (Å²) in [6.07, 6.45) is 4.27. The molecule has 0 saturated carbocycles. The third-order valence-corrected chi connectivity index (χ3v) is 4.33. The summed E-state index contributed by atoms with van der Waals surface area (Å²) in [5, 5.41) is 2.87. The van der Waals surface area contributed by atoms with Gasteiger partial charge in [0.05, 0.1) is 11.5 Å². The molecule has 2 rings (SSSR count). The molecule has 1 aromatic rings. The van der Waals surface area contributed by atoms with Crippen molar-refractivity contribution in [3.8, 4) is 0 Å². The molecule has 1 aliphatic heterocycles. The molecule has 1 saturated heterocycles. The molecular formula is C9H13N3O3S. The van der Waals surface area contributed by atoms with Crippen molar-refractivity contribution in [3.05, 3.63) is 22.7 Å². The summed E-state index contributed by atoms with van der Waals surface area (Å²) in [5.41, 5.74) is -0.328. The summed E-state index contributed by atoms with van der Waals surface area (Å²) in [7, 11) is -2.97. The number of sulfone groups is 1. The minimum atomic E-state index is -2.97. The third-order valence-electron chi connectivity index (χ3n) is 2.51. The predicted molar refractivity (Wildman–Crippen MR) is 60.2 cm³/mol. The first kappa shape index (κ1) is 11.1. The Hall–Kier alpha value is -1.37. The number of nitrogens with zero attached hydrogens (tertiary/aromatic N) is 1. The fourth-order valence-electron chi connectivity index (χ4n) is 1.78. The van der Waals surface area contributed by atoms with Gasteiger partial charge in [0.25, 0.3) is 5.56 Å². The van der Waals surface area contributed by atoms with Crippen LogP contribution in [-0.2, 0) is 9.84 Å². The minimum absolute atomic E-state index is 0.0724. The molecule has 0 radical (unpaired) electrons. The van der Waals surface area contributed by atoms with Crippen LogP contribution in [0.1, 0.15) is 12.8 Å². The van der Waals surface area contributed by atoms with E-state index >= 15 is 0 Å². The second-order valence-electron chi connectivity index (χ2n) is 3.86. The highest BCUT2D eigenvalue weighted by molar-refractivity contribution is 7.91. The predicted octanol–water partition coefficient (Wildman–Crippen LogP) is -0.241. The summed E-state index contributed by atoms with van der Waals surface area (Å²) < 4.78 is 22.8. The molecule has 0 amide bonds. The van der Waals surface area contributed by atoms with Gasteiger partial charge >= 0.3 is 0 Å². The van der Waals surface area contributed by atoms with Crippen LogP contribution in [0.2, 0.25) is 0 Å². The standard InChI is InChI=1S/C9H13N3O3S/c13-9-8(10-3-4-11-9)12-7-2-1-5-16(14,15)6-7/h3-4,7H,1-2,5-6H2,(H,10,12)(H,11,13). The largest absolute Gasteiger partial charge is 0.362 e. The molecule has 0 spiro atoms. The van der Waals surface area contributed by atoms with Crippen molar-refractivity contribution in [2.24, 2.45) is 0 Å². The van der Waals surface area contributed by atoms with Crippen LogP contribution >= 0.6 is 0 Å². The number of aromatic amines is 1. The van der Waals surface area contributed by atoms with Crippen molar-refractivity contribution >= 4 is 15.7 Å². The number of hydrogen-bond donors (Lipinski definition) is 2. The normalized spacial score (nSPS) is 23.9. The molecule has 1 aliphatic rings. The van der Waals surface area contributed by atoms with Crippen molar-refractivity contribution in [3.63, 3.8) is 0 Å². The Balaban J connectivity index is 2.11. The van der Waals surface area contributed by atoms with Crippen molar-refractivity contribution in [1.82, 2.24) is 9.97 Å². The van der Waals surface area contributed by atoms with Gasteiger partial charge in [-0.05, 0) is 12.8 Å². The molecule has 1 atom stereocenters. The Labute approximate surface area is 93.0 Å². The number of hydrogen-bond acceptors (Lipinski definition) is 5. The van der Waals surface area contributed by atoms with Crippen LogP contribution in [0.4, 0.5) is 5.82 Å². The van der Waals surface area contributed by atoms with Crippen LogP contribution in [0, 0.1) is 0 Å². The van der Waals surface area contributed by atoms with Crippen molar-refractivity contribution in [1.29, 1.82) is 0 Å². The second kappa shape index (κ2) is 4.25. The van der Waals surface area contributed by atoms with Gasteiger partial charge in [0, 0.05) is 18.4 Å². The molecule has 2 heterocycles. The zero-order valence-electron chi connectivity index (χ0n) is 8.64. The van der Waals surface area contributed by atoms with Crippen LogP contribution in [-0.4, -0.2) is 35.9 Å². The van der Waals surface area contributed by atoms with E-state index in [0.717, 1.165) is 6.42 Å². The lowest BCUT2D eigenvalue weighted by Gasteiger charge is -2.22.